The highest BCUT2D eigenvalue weighted by atomic mass is 16.5. The maximum atomic E-state index is 13.2. The van der Waals surface area contributed by atoms with Crippen molar-refractivity contribution in [1.82, 2.24) is 4.98 Å². The van der Waals surface area contributed by atoms with E-state index in [0.717, 1.165) is 11.1 Å². The Kier molecular flexibility index (Phi) is 5.94. The molecule has 3 heterocycles. The zero-order chi connectivity index (χ0) is 26.1. The van der Waals surface area contributed by atoms with E-state index in [1.807, 2.05) is 36.4 Å². The number of aromatic nitrogens is 1. The molecule has 1 aliphatic heterocycles. The molecule has 0 bridgehead atoms. The third-order valence-corrected chi connectivity index (χ3v) is 6.12. The number of pyridine rings is 1. The molecule has 6 rings (SSSR count). The zero-order valence-corrected chi connectivity index (χ0v) is 20.3. The number of carbonyl (C=O) groups excluding carboxylic acids is 2. The van der Waals surface area contributed by atoms with Crippen LogP contribution in [0.3, 0.4) is 0 Å². The van der Waals surface area contributed by atoms with Gasteiger partial charge in [0, 0.05) is 23.8 Å². The Hall–Kier alpha value is -5.17. The van der Waals surface area contributed by atoms with E-state index < -0.39 is 5.97 Å². The second-order valence-electron chi connectivity index (χ2n) is 8.74. The first-order valence-electron chi connectivity index (χ1n) is 12.0. The lowest BCUT2D eigenvalue weighted by Crippen LogP contribution is -2.09. The van der Waals surface area contributed by atoms with Crippen LogP contribution in [0, 0.1) is 6.92 Å². The van der Waals surface area contributed by atoms with Gasteiger partial charge in [-0.05, 0) is 60.5 Å². The van der Waals surface area contributed by atoms with Crippen LogP contribution in [0.25, 0.3) is 17.0 Å². The van der Waals surface area contributed by atoms with E-state index in [1.165, 1.54) is 6.07 Å². The van der Waals surface area contributed by atoms with Gasteiger partial charge in [0.25, 0.3) is 0 Å². The van der Waals surface area contributed by atoms with Crippen LogP contribution in [-0.4, -0.2) is 16.7 Å². The first kappa shape index (κ1) is 23.2. The lowest BCUT2D eigenvalue weighted by Gasteiger charge is -2.07. The molecule has 0 fully saturated rings. The number of carbonyl (C=O) groups is 2. The third-order valence-electron chi connectivity index (χ3n) is 6.12. The Morgan fingerprint density at radius 3 is 2.63 bits per heavy atom. The van der Waals surface area contributed by atoms with Crippen molar-refractivity contribution in [2.24, 2.45) is 0 Å². The lowest BCUT2D eigenvalue weighted by atomic mass is 10.1. The highest BCUT2D eigenvalue weighted by Crippen LogP contribution is 2.36. The molecule has 0 saturated heterocycles. The van der Waals surface area contributed by atoms with Crippen LogP contribution >= 0.6 is 0 Å². The van der Waals surface area contributed by atoms with Crippen molar-refractivity contribution in [3.8, 4) is 17.2 Å². The molecule has 7 nitrogen and oxygen atoms in total. The van der Waals surface area contributed by atoms with Gasteiger partial charge in [-0.3, -0.25) is 9.78 Å². The number of fused-ring (bicyclic) bond motifs is 2. The number of ketones is 1. The quantitative estimate of drug-likeness (QED) is 0.147. The molecule has 2 aromatic heterocycles. The maximum Gasteiger partial charge on any atom is 0.347 e. The minimum Gasteiger partial charge on any atom is -0.489 e. The SMILES string of the molecule is Cc1oc2ccc(OCc3ccccc3)cc2c1C(=O)Oc1ccc2c(c1)OC(=Cc1cccnc1)C2=O. The number of hydrogen-bond acceptors (Lipinski definition) is 7. The molecule has 0 atom stereocenters. The number of furan rings is 1. The van der Waals surface area contributed by atoms with Crippen molar-refractivity contribution < 1.29 is 28.2 Å². The number of benzene rings is 3. The van der Waals surface area contributed by atoms with Crippen LogP contribution in [-0.2, 0) is 6.61 Å². The summed E-state index contributed by atoms with van der Waals surface area (Å²) in [6.45, 7) is 2.11. The fourth-order valence-corrected chi connectivity index (χ4v) is 4.28. The Morgan fingerprint density at radius 2 is 1.82 bits per heavy atom. The predicted octanol–water partition coefficient (Wildman–Crippen LogP) is 6.55. The van der Waals surface area contributed by atoms with Gasteiger partial charge in [0.2, 0.25) is 5.78 Å². The molecule has 5 aromatic rings. The summed E-state index contributed by atoms with van der Waals surface area (Å²) in [6, 6.07) is 23.4. The molecule has 7 heteroatoms. The lowest BCUT2D eigenvalue weighted by molar-refractivity contribution is 0.0734. The van der Waals surface area contributed by atoms with Crippen molar-refractivity contribution in [3.63, 3.8) is 0 Å². The van der Waals surface area contributed by atoms with Crippen LogP contribution < -0.4 is 14.2 Å². The second kappa shape index (κ2) is 9.71. The Morgan fingerprint density at radius 1 is 0.974 bits per heavy atom. The molecule has 1 aliphatic rings. The van der Waals surface area contributed by atoms with Crippen LogP contribution in [0.1, 0.15) is 37.6 Å². The summed E-state index contributed by atoms with van der Waals surface area (Å²) in [5, 5.41) is 0.590. The molecular formula is C31H21NO6. The van der Waals surface area contributed by atoms with Gasteiger partial charge < -0.3 is 18.6 Å². The van der Waals surface area contributed by atoms with Crippen molar-refractivity contribution in [3.05, 3.63) is 125 Å². The zero-order valence-electron chi connectivity index (χ0n) is 20.3. The van der Waals surface area contributed by atoms with E-state index in [9.17, 15) is 9.59 Å². The van der Waals surface area contributed by atoms with Gasteiger partial charge in [-0.25, -0.2) is 4.79 Å². The second-order valence-corrected chi connectivity index (χ2v) is 8.74. The summed E-state index contributed by atoms with van der Waals surface area (Å²) >= 11 is 0. The van der Waals surface area contributed by atoms with E-state index in [2.05, 4.69) is 4.98 Å². The van der Waals surface area contributed by atoms with Crippen molar-refractivity contribution in [2.45, 2.75) is 13.5 Å². The first-order valence-corrected chi connectivity index (χ1v) is 12.0. The highest BCUT2D eigenvalue weighted by Gasteiger charge is 2.28. The number of nitrogens with zero attached hydrogens (tertiary/aromatic N) is 1. The Bertz CT molecular complexity index is 1700. The molecule has 0 aliphatic carbocycles. The smallest absolute Gasteiger partial charge is 0.347 e. The van der Waals surface area contributed by atoms with Gasteiger partial charge in [0.15, 0.2) is 5.76 Å². The molecule has 0 amide bonds. The van der Waals surface area contributed by atoms with Gasteiger partial charge in [-0.2, -0.15) is 0 Å². The minimum atomic E-state index is -0.586. The molecule has 0 radical (unpaired) electrons. The summed E-state index contributed by atoms with van der Waals surface area (Å²) in [4.78, 5) is 30.0. The molecule has 3 aromatic carbocycles. The summed E-state index contributed by atoms with van der Waals surface area (Å²) in [7, 11) is 0. The molecular weight excluding hydrogens is 482 g/mol. The van der Waals surface area contributed by atoms with Crippen LogP contribution in [0.4, 0.5) is 0 Å². The largest absolute Gasteiger partial charge is 0.489 e. The van der Waals surface area contributed by atoms with E-state index in [4.69, 9.17) is 18.6 Å². The third kappa shape index (κ3) is 4.53. The van der Waals surface area contributed by atoms with E-state index in [-0.39, 0.29) is 17.3 Å². The number of Topliss-reactive ketones (excluding diaryl/α,β-unsaturated/α-hetero) is 1. The summed E-state index contributed by atoms with van der Waals surface area (Å²) in [5.74, 6) is 0.942. The topological polar surface area (TPSA) is 87.9 Å². The number of aryl methyl sites for hydroxylation is 1. The van der Waals surface area contributed by atoms with Crippen LogP contribution in [0.2, 0.25) is 0 Å². The average molecular weight is 504 g/mol. The predicted molar refractivity (Wildman–Crippen MR) is 140 cm³/mol. The maximum absolute atomic E-state index is 13.2. The monoisotopic (exact) mass is 503 g/mol. The van der Waals surface area contributed by atoms with Gasteiger partial charge >= 0.3 is 5.97 Å². The van der Waals surface area contributed by atoms with Crippen LogP contribution in [0.5, 0.6) is 17.2 Å². The molecule has 0 unspecified atom stereocenters. The summed E-state index contributed by atoms with van der Waals surface area (Å²) < 4.78 is 23.2. The van der Waals surface area contributed by atoms with Crippen molar-refractivity contribution in [2.75, 3.05) is 0 Å². The number of rotatable bonds is 6. The molecule has 0 saturated carbocycles. The minimum absolute atomic E-state index is 0.177. The Labute approximate surface area is 217 Å². The average Bonchev–Trinajstić information content (AvgIpc) is 3.43. The Balaban J connectivity index is 1.22. The molecule has 186 valence electrons. The molecule has 0 spiro atoms. The van der Waals surface area contributed by atoms with Gasteiger partial charge in [0.1, 0.15) is 40.8 Å². The van der Waals surface area contributed by atoms with Crippen LogP contribution in [0.15, 0.2) is 101 Å². The highest BCUT2D eigenvalue weighted by molar-refractivity contribution is 6.14. The number of hydrogen-bond donors (Lipinski definition) is 0. The van der Waals surface area contributed by atoms with Crippen molar-refractivity contribution >= 4 is 28.8 Å². The van der Waals surface area contributed by atoms with Gasteiger partial charge in [-0.15, -0.1) is 0 Å². The molecule has 0 N–H and O–H groups in total. The fraction of sp³-hybridized carbons (Fsp3) is 0.0645. The van der Waals surface area contributed by atoms with Gasteiger partial charge in [-0.1, -0.05) is 36.4 Å². The normalized spacial score (nSPS) is 13.4. The summed E-state index contributed by atoms with van der Waals surface area (Å²) in [6.07, 6.45) is 4.91. The van der Waals surface area contributed by atoms with Gasteiger partial charge in [0.05, 0.1) is 5.56 Å². The fourth-order valence-electron chi connectivity index (χ4n) is 4.28. The van der Waals surface area contributed by atoms with E-state index >= 15 is 0 Å². The van der Waals surface area contributed by atoms with E-state index in [1.54, 1.807) is 61.8 Å². The number of ether oxygens (including phenoxy) is 3. The summed E-state index contributed by atoms with van der Waals surface area (Å²) in [5.41, 5.74) is 3.02. The van der Waals surface area contributed by atoms with Crippen molar-refractivity contribution in [1.29, 1.82) is 0 Å². The number of esters is 1. The van der Waals surface area contributed by atoms with E-state index in [0.29, 0.717) is 46.0 Å². The molecule has 38 heavy (non-hydrogen) atoms. The number of allylic oxidation sites excluding steroid dienone is 1. The standard InChI is InChI=1S/C31H21NO6/c1-19-29(25-15-22(10-12-26(25)36-19)35-18-20-6-3-2-4-7-20)31(34)37-23-9-11-24-27(16-23)38-28(30(24)33)14-21-8-5-13-32-17-21/h2-17H,18H2,1H3. The first-order chi connectivity index (χ1) is 18.5.